The molecule has 182 valence electrons. The summed E-state index contributed by atoms with van der Waals surface area (Å²) in [4.78, 5) is 21.1. The molecule has 2 aromatic carbocycles. The summed E-state index contributed by atoms with van der Waals surface area (Å²) in [6, 6.07) is 20.2. The summed E-state index contributed by atoms with van der Waals surface area (Å²) in [7, 11) is 0. The smallest absolute Gasteiger partial charge is 0.252 e. The monoisotopic (exact) mass is 470 g/mol. The van der Waals surface area contributed by atoms with E-state index in [1.165, 1.54) is 5.56 Å². The minimum absolute atomic E-state index is 0.0922. The van der Waals surface area contributed by atoms with E-state index in [-0.39, 0.29) is 5.91 Å². The Kier molecular flexibility index (Phi) is 8.49. The van der Waals surface area contributed by atoms with Crippen LogP contribution < -0.4 is 10.1 Å². The van der Waals surface area contributed by atoms with Crippen molar-refractivity contribution in [3.63, 3.8) is 0 Å². The van der Waals surface area contributed by atoms with Crippen molar-refractivity contribution < 1.29 is 9.53 Å². The largest absolute Gasteiger partial charge is 0.494 e. The van der Waals surface area contributed by atoms with Gasteiger partial charge in [-0.3, -0.25) is 9.78 Å². The molecular weight excluding hydrogens is 436 g/mol. The number of pyridine rings is 1. The third-order valence-corrected chi connectivity index (χ3v) is 6.11. The first-order chi connectivity index (χ1) is 17.1. The van der Waals surface area contributed by atoms with E-state index in [0.29, 0.717) is 24.6 Å². The number of rotatable bonds is 12. The minimum atomic E-state index is -0.0922. The molecule has 6 nitrogen and oxygen atoms in total. The lowest BCUT2D eigenvalue weighted by Gasteiger charge is -2.11. The van der Waals surface area contributed by atoms with Gasteiger partial charge in [0.1, 0.15) is 11.6 Å². The van der Waals surface area contributed by atoms with Crippen molar-refractivity contribution in [3.05, 3.63) is 90.0 Å². The van der Waals surface area contributed by atoms with Gasteiger partial charge in [0.15, 0.2) is 0 Å². The Balaban J connectivity index is 1.27. The lowest BCUT2D eigenvalue weighted by atomic mass is 10.0. The van der Waals surface area contributed by atoms with Crippen LogP contribution in [0.5, 0.6) is 5.75 Å². The number of nitrogens with zero attached hydrogens (tertiary/aromatic N) is 3. The van der Waals surface area contributed by atoms with E-state index in [9.17, 15) is 4.79 Å². The molecule has 4 rings (SSSR count). The number of aromatic nitrogens is 3. The summed E-state index contributed by atoms with van der Waals surface area (Å²) in [6.07, 6.45) is 6.86. The van der Waals surface area contributed by atoms with Crippen LogP contribution in [-0.4, -0.2) is 33.6 Å². The Labute approximate surface area is 207 Å². The summed E-state index contributed by atoms with van der Waals surface area (Å²) in [6.45, 7) is 6.59. The van der Waals surface area contributed by atoms with Gasteiger partial charge >= 0.3 is 0 Å². The summed E-state index contributed by atoms with van der Waals surface area (Å²) in [5.74, 6) is 2.43. The number of para-hydroxylation sites is 2. The molecule has 4 aromatic rings. The lowest BCUT2D eigenvalue weighted by Crippen LogP contribution is -2.25. The average molecular weight is 471 g/mol. The predicted octanol–water partition coefficient (Wildman–Crippen LogP) is 5.78. The van der Waals surface area contributed by atoms with Crippen LogP contribution in [0.25, 0.3) is 11.0 Å². The van der Waals surface area contributed by atoms with Crippen LogP contribution in [0.2, 0.25) is 0 Å². The maximum absolute atomic E-state index is 12.2. The number of fused-ring (bicyclic) bond motifs is 1. The number of hydrogen-bond donors (Lipinski definition) is 1. The van der Waals surface area contributed by atoms with Crippen molar-refractivity contribution in [1.29, 1.82) is 0 Å². The van der Waals surface area contributed by atoms with Gasteiger partial charge in [-0.2, -0.15) is 0 Å². The van der Waals surface area contributed by atoms with Crippen molar-refractivity contribution in [3.8, 4) is 5.75 Å². The number of benzene rings is 2. The molecule has 0 radical (unpaired) electrons. The highest BCUT2D eigenvalue weighted by Crippen LogP contribution is 2.20. The zero-order valence-corrected chi connectivity index (χ0v) is 20.6. The number of hydrogen-bond acceptors (Lipinski definition) is 4. The topological polar surface area (TPSA) is 69.0 Å². The predicted molar refractivity (Wildman–Crippen MR) is 140 cm³/mol. The number of imidazole rings is 1. The van der Waals surface area contributed by atoms with Crippen LogP contribution in [0, 0.1) is 0 Å². The number of ether oxygens (including phenoxy) is 1. The van der Waals surface area contributed by atoms with Crippen LogP contribution in [-0.2, 0) is 13.0 Å². The Bertz CT molecular complexity index is 1220. The Hall–Kier alpha value is -3.67. The van der Waals surface area contributed by atoms with E-state index in [1.54, 1.807) is 24.5 Å². The molecule has 0 fully saturated rings. The molecule has 0 aliphatic heterocycles. The fraction of sp³-hybridized carbons (Fsp3) is 0.345. The van der Waals surface area contributed by atoms with Crippen molar-refractivity contribution in [2.75, 3.05) is 13.2 Å². The van der Waals surface area contributed by atoms with E-state index in [2.05, 4.69) is 71.2 Å². The fourth-order valence-electron chi connectivity index (χ4n) is 4.12. The SMILES string of the molecule is CC(C)c1ccc(OCCCCn2c(CCCNC(=O)c3cccnc3)nc3ccccc32)cc1. The van der Waals surface area contributed by atoms with Gasteiger partial charge in [0.05, 0.1) is 23.2 Å². The quantitative estimate of drug-likeness (QED) is 0.267. The molecule has 2 aromatic heterocycles. The highest BCUT2D eigenvalue weighted by atomic mass is 16.5. The van der Waals surface area contributed by atoms with Crippen molar-refractivity contribution in [2.45, 2.75) is 52.0 Å². The number of unbranched alkanes of at least 4 members (excludes halogenated alkanes) is 1. The fourth-order valence-corrected chi connectivity index (χ4v) is 4.12. The zero-order chi connectivity index (χ0) is 24.5. The standard InChI is InChI=1S/C29H34N4O2/c1-22(2)23-13-15-25(16-14-23)35-20-6-5-19-33-27-11-4-3-10-26(27)32-28(33)12-8-18-31-29(34)24-9-7-17-30-21-24/h3-4,7,9-11,13-17,21-22H,5-6,8,12,18-20H2,1-2H3,(H,31,34). The van der Waals surface area contributed by atoms with Crippen molar-refractivity contribution in [2.24, 2.45) is 0 Å². The molecule has 0 bridgehead atoms. The molecule has 35 heavy (non-hydrogen) atoms. The normalized spacial score (nSPS) is 11.2. The molecular formula is C29H34N4O2. The maximum Gasteiger partial charge on any atom is 0.252 e. The van der Waals surface area contributed by atoms with E-state index < -0.39 is 0 Å². The molecule has 1 amide bonds. The van der Waals surface area contributed by atoms with E-state index >= 15 is 0 Å². The second-order valence-corrected chi connectivity index (χ2v) is 9.05. The first-order valence-electron chi connectivity index (χ1n) is 12.5. The second-order valence-electron chi connectivity index (χ2n) is 9.05. The molecule has 0 unspecified atom stereocenters. The van der Waals surface area contributed by atoms with Gasteiger partial charge in [-0.15, -0.1) is 0 Å². The summed E-state index contributed by atoms with van der Waals surface area (Å²) in [5.41, 5.74) is 4.09. The van der Waals surface area contributed by atoms with Gasteiger partial charge < -0.3 is 14.6 Å². The Morgan fingerprint density at radius 2 is 1.83 bits per heavy atom. The molecule has 2 heterocycles. The van der Waals surface area contributed by atoms with Crippen molar-refractivity contribution in [1.82, 2.24) is 19.9 Å². The van der Waals surface area contributed by atoms with E-state index in [1.807, 2.05) is 6.07 Å². The van der Waals surface area contributed by atoms with Gasteiger partial charge in [0, 0.05) is 31.9 Å². The van der Waals surface area contributed by atoms with Crippen LogP contribution in [0.1, 0.15) is 60.8 Å². The minimum Gasteiger partial charge on any atom is -0.494 e. The second kappa shape index (κ2) is 12.2. The maximum atomic E-state index is 12.2. The lowest BCUT2D eigenvalue weighted by molar-refractivity contribution is 0.0952. The average Bonchev–Trinajstić information content (AvgIpc) is 3.24. The molecule has 0 aliphatic rings. The number of amides is 1. The van der Waals surface area contributed by atoms with Gasteiger partial charge in [0.25, 0.3) is 5.91 Å². The third kappa shape index (κ3) is 6.69. The van der Waals surface area contributed by atoms with Gasteiger partial charge in [-0.05, 0) is 67.1 Å². The number of carbonyl (C=O) groups is 1. The summed E-state index contributed by atoms with van der Waals surface area (Å²) >= 11 is 0. The first-order valence-corrected chi connectivity index (χ1v) is 12.5. The highest BCUT2D eigenvalue weighted by molar-refractivity contribution is 5.93. The van der Waals surface area contributed by atoms with Gasteiger partial charge in [-0.25, -0.2) is 4.98 Å². The summed E-state index contributed by atoms with van der Waals surface area (Å²) < 4.78 is 8.26. The molecule has 0 saturated heterocycles. The molecule has 6 heteroatoms. The molecule has 0 atom stereocenters. The van der Waals surface area contributed by atoms with E-state index in [4.69, 9.17) is 9.72 Å². The number of nitrogens with one attached hydrogen (secondary N) is 1. The summed E-state index contributed by atoms with van der Waals surface area (Å²) in [5, 5.41) is 2.97. The zero-order valence-electron chi connectivity index (χ0n) is 20.6. The Morgan fingerprint density at radius 1 is 1.00 bits per heavy atom. The third-order valence-electron chi connectivity index (χ3n) is 6.11. The van der Waals surface area contributed by atoms with Crippen LogP contribution in [0.3, 0.4) is 0 Å². The number of carbonyl (C=O) groups excluding carboxylic acids is 1. The van der Waals surface area contributed by atoms with Crippen LogP contribution in [0.4, 0.5) is 0 Å². The molecule has 0 spiro atoms. The number of aryl methyl sites for hydroxylation is 2. The molecule has 0 saturated carbocycles. The Morgan fingerprint density at radius 3 is 2.60 bits per heavy atom. The van der Waals surface area contributed by atoms with Crippen LogP contribution >= 0.6 is 0 Å². The van der Waals surface area contributed by atoms with Gasteiger partial charge in [-0.1, -0.05) is 38.1 Å². The highest BCUT2D eigenvalue weighted by Gasteiger charge is 2.11. The van der Waals surface area contributed by atoms with Crippen LogP contribution in [0.15, 0.2) is 73.1 Å². The van der Waals surface area contributed by atoms with Crippen molar-refractivity contribution >= 4 is 16.9 Å². The van der Waals surface area contributed by atoms with Gasteiger partial charge in [0.2, 0.25) is 0 Å². The molecule has 1 N–H and O–H groups in total. The molecule has 0 aliphatic carbocycles. The first kappa shape index (κ1) is 24.5. The van der Waals surface area contributed by atoms with E-state index in [0.717, 1.165) is 54.8 Å².